The molecule has 0 radical (unpaired) electrons. The smallest absolute Gasteiger partial charge is 0.253 e. The molecule has 0 unspecified atom stereocenters. The quantitative estimate of drug-likeness (QED) is 0.574. The molecule has 162 valence electrons. The van der Waals surface area contributed by atoms with Crippen LogP contribution in [0.3, 0.4) is 0 Å². The van der Waals surface area contributed by atoms with Gasteiger partial charge in [0.2, 0.25) is 10.0 Å². The Balaban J connectivity index is 1.86. The van der Waals surface area contributed by atoms with Crippen molar-refractivity contribution in [1.29, 1.82) is 0 Å². The third-order valence-corrected chi connectivity index (χ3v) is 7.30. The molecule has 6 nitrogen and oxygen atoms in total. The van der Waals surface area contributed by atoms with Crippen molar-refractivity contribution >= 4 is 39.1 Å². The molecule has 0 aromatic heterocycles. The molecule has 3 N–H and O–H groups in total. The minimum absolute atomic E-state index is 0.0260. The molecule has 0 heterocycles. The molecular weight excluding hydrogens is 447 g/mol. The van der Waals surface area contributed by atoms with Gasteiger partial charge in [-0.25, -0.2) is 13.1 Å². The molecule has 3 rings (SSSR count). The Morgan fingerprint density at radius 1 is 1.20 bits per heavy atom. The zero-order valence-corrected chi connectivity index (χ0v) is 19.0. The predicted molar refractivity (Wildman–Crippen MR) is 117 cm³/mol. The van der Waals surface area contributed by atoms with Crippen LogP contribution in [0.15, 0.2) is 41.3 Å². The van der Waals surface area contributed by atoms with E-state index in [2.05, 4.69) is 10.0 Å². The second-order valence-electron chi connectivity index (χ2n) is 7.76. The van der Waals surface area contributed by atoms with Gasteiger partial charge in [0.25, 0.3) is 5.91 Å². The standard InChI is InChI=1S/C21H24Cl2N2O4S/c1-12(2)7-8-24-30(28,29)19-10-15(16(22)11-17(19)23)21(27)25-20-14-6-4-3-5-13(14)9-18(20)26/h3-6,10-12,18,20,24,26H,7-9H2,1-2H3,(H,25,27)/t18-,20+/m0/s1. The summed E-state index contributed by atoms with van der Waals surface area (Å²) in [7, 11) is -3.92. The summed E-state index contributed by atoms with van der Waals surface area (Å²) in [5.41, 5.74) is 1.75. The maximum absolute atomic E-state index is 12.9. The van der Waals surface area contributed by atoms with Crippen LogP contribution in [0, 0.1) is 5.92 Å². The minimum atomic E-state index is -3.92. The number of hydrogen-bond acceptors (Lipinski definition) is 4. The van der Waals surface area contributed by atoms with Crippen LogP contribution in [0.4, 0.5) is 0 Å². The Morgan fingerprint density at radius 3 is 2.60 bits per heavy atom. The number of aliphatic hydroxyl groups is 1. The van der Waals surface area contributed by atoms with Crippen LogP contribution < -0.4 is 10.0 Å². The van der Waals surface area contributed by atoms with Gasteiger partial charge < -0.3 is 10.4 Å². The van der Waals surface area contributed by atoms with Crippen LogP contribution in [0.2, 0.25) is 10.0 Å². The molecule has 0 fully saturated rings. The average molecular weight is 471 g/mol. The molecule has 0 aliphatic heterocycles. The normalized spacial score (nSPS) is 18.5. The Morgan fingerprint density at radius 2 is 1.90 bits per heavy atom. The fraction of sp³-hybridized carbons (Fsp3) is 0.381. The van der Waals surface area contributed by atoms with Crippen LogP contribution in [0.25, 0.3) is 0 Å². The van der Waals surface area contributed by atoms with Crippen LogP contribution in [0.5, 0.6) is 0 Å². The lowest BCUT2D eigenvalue weighted by molar-refractivity contribution is 0.0858. The van der Waals surface area contributed by atoms with Crippen molar-refractivity contribution < 1.29 is 18.3 Å². The summed E-state index contributed by atoms with van der Waals surface area (Å²) in [5, 5.41) is 13.1. The molecule has 0 bridgehead atoms. The summed E-state index contributed by atoms with van der Waals surface area (Å²) in [6.45, 7) is 4.23. The summed E-state index contributed by atoms with van der Waals surface area (Å²) in [6.07, 6.45) is 0.310. The number of sulfonamides is 1. The van der Waals surface area contributed by atoms with Crippen molar-refractivity contribution in [2.75, 3.05) is 6.54 Å². The van der Waals surface area contributed by atoms with Crippen LogP contribution in [-0.4, -0.2) is 32.1 Å². The van der Waals surface area contributed by atoms with Crippen molar-refractivity contribution in [2.45, 2.75) is 43.7 Å². The number of benzene rings is 2. The van der Waals surface area contributed by atoms with Gasteiger partial charge in [-0.15, -0.1) is 0 Å². The van der Waals surface area contributed by atoms with Gasteiger partial charge in [0.15, 0.2) is 0 Å². The van der Waals surface area contributed by atoms with Crippen molar-refractivity contribution in [2.24, 2.45) is 5.92 Å². The molecule has 0 saturated heterocycles. The average Bonchev–Trinajstić information content (AvgIpc) is 2.96. The Bertz CT molecular complexity index is 1060. The lowest BCUT2D eigenvalue weighted by atomic mass is 10.1. The Labute approximate surface area is 186 Å². The highest BCUT2D eigenvalue weighted by atomic mass is 35.5. The zero-order valence-electron chi connectivity index (χ0n) is 16.7. The molecule has 1 amide bonds. The van der Waals surface area contributed by atoms with E-state index in [1.165, 1.54) is 12.1 Å². The van der Waals surface area contributed by atoms with E-state index in [9.17, 15) is 18.3 Å². The molecule has 1 aliphatic carbocycles. The SMILES string of the molecule is CC(C)CCNS(=O)(=O)c1cc(C(=O)N[C@@H]2c3ccccc3C[C@@H]2O)c(Cl)cc1Cl. The number of hydrogen-bond donors (Lipinski definition) is 3. The number of carbonyl (C=O) groups excluding carboxylic acids is 1. The molecule has 1 aliphatic rings. The third kappa shape index (κ3) is 4.98. The van der Waals surface area contributed by atoms with Gasteiger partial charge in [0.05, 0.1) is 27.8 Å². The number of halogens is 2. The number of rotatable bonds is 7. The zero-order chi connectivity index (χ0) is 22.1. The fourth-order valence-electron chi connectivity index (χ4n) is 3.44. The lowest BCUT2D eigenvalue weighted by Crippen LogP contribution is -2.34. The van der Waals surface area contributed by atoms with E-state index in [1.807, 2.05) is 38.1 Å². The minimum Gasteiger partial charge on any atom is -0.390 e. The van der Waals surface area contributed by atoms with Crippen LogP contribution in [-0.2, 0) is 16.4 Å². The second-order valence-corrected chi connectivity index (χ2v) is 10.3. The number of aliphatic hydroxyl groups excluding tert-OH is 1. The maximum Gasteiger partial charge on any atom is 0.253 e. The first-order valence-corrected chi connectivity index (χ1v) is 11.9. The summed E-state index contributed by atoms with van der Waals surface area (Å²) in [5.74, 6) is -0.258. The summed E-state index contributed by atoms with van der Waals surface area (Å²) in [4.78, 5) is 12.7. The van der Waals surface area contributed by atoms with Gasteiger partial charge in [-0.3, -0.25) is 4.79 Å². The highest BCUT2D eigenvalue weighted by molar-refractivity contribution is 7.89. The first-order chi connectivity index (χ1) is 14.1. The Hall–Kier alpha value is -1.64. The van der Waals surface area contributed by atoms with E-state index >= 15 is 0 Å². The third-order valence-electron chi connectivity index (χ3n) is 5.06. The first-order valence-electron chi connectivity index (χ1n) is 9.65. The number of fused-ring (bicyclic) bond motifs is 1. The van der Waals surface area contributed by atoms with Gasteiger partial charge in [0.1, 0.15) is 4.90 Å². The molecular formula is C21H24Cl2N2O4S. The van der Waals surface area contributed by atoms with E-state index in [1.54, 1.807) is 0 Å². The van der Waals surface area contributed by atoms with E-state index in [4.69, 9.17) is 23.2 Å². The van der Waals surface area contributed by atoms with Crippen molar-refractivity contribution in [3.63, 3.8) is 0 Å². The van der Waals surface area contributed by atoms with Gasteiger partial charge >= 0.3 is 0 Å². The maximum atomic E-state index is 12.9. The van der Waals surface area contributed by atoms with Crippen molar-refractivity contribution in [3.8, 4) is 0 Å². The molecule has 2 aromatic rings. The highest BCUT2D eigenvalue weighted by Crippen LogP contribution is 2.33. The lowest BCUT2D eigenvalue weighted by Gasteiger charge is -2.19. The largest absolute Gasteiger partial charge is 0.390 e. The van der Waals surface area contributed by atoms with E-state index in [0.717, 1.165) is 11.1 Å². The van der Waals surface area contributed by atoms with E-state index < -0.39 is 28.1 Å². The molecule has 2 atom stereocenters. The molecule has 2 aromatic carbocycles. The molecule has 30 heavy (non-hydrogen) atoms. The summed E-state index contributed by atoms with van der Waals surface area (Å²) in [6, 6.07) is 9.25. The predicted octanol–water partition coefficient (Wildman–Crippen LogP) is 3.71. The first kappa shape index (κ1) is 23.0. The summed E-state index contributed by atoms with van der Waals surface area (Å²) < 4.78 is 27.8. The second kappa shape index (κ2) is 9.24. The topological polar surface area (TPSA) is 95.5 Å². The summed E-state index contributed by atoms with van der Waals surface area (Å²) >= 11 is 12.3. The van der Waals surface area contributed by atoms with Crippen LogP contribution in [0.1, 0.15) is 47.8 Å². The van der Waals surface area contributed by atoms with Crippen molar-refractivity contribution in [3.05, 3.63) is 63.1 Å². The van der Waals surface area contributed by atoms with Gasteiger partial charge in [-0.1, -0.05) is 61.3 Å². The Kier molecular flexibility index (Phi) is 7.09. The van der Waals surface area contributed by atoms with Gasteiger partial charge in [0, 0.05) is 13.0 Å². The number of carbonyl (C=O) groups is 1. The number of amides is 1. The van der Waals surface area contributed by atoms with Crippen LogP contribution >= 0.6 is 23.2 Å². The monoisotopic (exact) mass is 470 g/mol. The number of nitrogens with one attached hydrogen (secondary N) is 2. The van der Waals surface area contributed by atoms with Gasteiger partial charge in [-0.2, -0.15) is 0 Å². The molecule has 0 spiro atoms. The van der Waals surface area contributed by atoms with E-state index in [-0.39, 0.29) is 27.0 Å². The van der Waals surface area contributed by atoms with Gasteiger partial charge in [-0.05, 0) is 35.6 Å². The highest BCUT2D eigenvalue weighted by Gasteiger charge is 2.33. The van der Waals surface area contributed by atoms with E-state index in [0.29, 0.717) is 18.8 Å². The fourth-order valence-corrected chi connectivity index (χ4v) is 5.34. The molecule has 9 heteroatoms. The van der Waals surface area contributed by atoms with Crippen molar-refractivity contribution in [1.82, 2.24) is 10.0 Å². The molecule has 0 saturated carbocycles.